The van der Waals surface area contributed by atoms with Crippen molar-refractivity contribution in [1.82, 2.24) is 0 Å². The van der Waals surface area contributed by atoms with Crippen LogP contribution in [0.1, 0.15) is 65.2 Å². The zero-order valence-electron chi connectivity index (χ0n) is 13.8. The minimum absolute atomic E-state index is 0.00459. The van der Waals surface area contributed by atoms with Gasteiger partial charge in [0.1, 0.15) is 0 Å². The van der Waals surface area contributed by atoms with E-state index < -0.39 is 0 Å². The standard InChI is InChI=1S/C19H32OTe/c1-18-10-12-21-11-8-13(18)3-4-14-15-5-6-17(20)19(15,2)9-7-16(14)18/h13-17,20H,3-12H2,1-2H3/t13-,14-,15-,16-,17-,18-,19-/m0/s1. The van der Waals surface area contributed by atoms with Crippen molar-refractivity contribution in [2.75, 3.05) is 0 Å². The summed E-state index contributed by atoms with van der Waals surface area (Å²) in [6.07, 6.45) is 11.2. The van der Waals surface area contributed by atoms with Gasteiger partial charge < -0.3 is 0 Å². The second-order valence-corrected chi connectivity index (χ2v) is 12.4. The van der Waals surface area contributed by atoms with Gasteiger partial charge in [-0.25, -0.2) is 0 Å². The number of hydrogen-bond donors (Lipinski definition) is 1. The van der Waals surface area contributed by atoms with Crippen LogP contribution in [-0.4, -0.2) is 32.1 Å². The van der Waals surface area contributed by atoms with E-state index in [1.54, 1.807) is 21.8 Å². The van der Waals surface area contributed by atoms with Gasteiger partial charge in [-0.15, -0.1) is 0 Å². The van der Waals surface area contributed by atoms with Gasteiger partial charge in [-0.1, -0.05) is 0 Å². The van der Waals surface area contributed by atoms with Crippen LogP contribution < -0.4 is 0 Å². The average Bonchev–Trinajstić information content (AvgIpc) is 2.65. The van der Waals surface area contributed by atoms with Crippen LogP contribution in [0, 0.1) is 34.5 Å². The Morgan fingerprint density at radius 1 is 0.810 bits per heavy atom. The first-order valence-electron chi connectivity index (χ1n) is 9.31. The summed E-state index contributed by atoms with van der Waals surface area (Å²) >= 11 is 0.347. The van der Waals surface area contributed by atoms with Gasteiger partial charge in [0, 0.05) is 0 Å². The summed E-state index contributed by atoms with van der Waals surface area (Å²) in [5.41, 5.74) is 0.933. The monoisotopic (exact) mass is 406 g/mol. The Labute approximate surface area is 140 Å². The minimum atomic E-state index is -0.00459. The first kappa shape index (κ1) is 15.3. The van der Waals surface area contributed by atoms with Crippen molar-refractivity contribution in [2.45, 2.75) is 80.3 Å². The maximum absolute atomic E-state index is 10.5. The Hall–Kier alpha value is 0.750. The van der Waals surface area contributed by atoms with Gasteiger partial charge in [-0.05, 0) is 0 Å². The van der Waals surface area contributed by atoms with Crippen LogP contribution >= 0.6 is 0 Å². The molecule has 0 unspecified atom stereocenters. The van der Waals surface area contributed by atoms with Crippen molar-refractivity contribution >= 4 is 20.9 Å². The van der Waals surface area contributed by atoms with Crippen LogP contribution in [0.4, 0.5) is 0 Å². The van der Waals surface area contributed by atoms with Crippen molar-refractivity contribution in [3.8, 4) is 0 Å². The van der Waals surface area contributed by atoms with Crippen LogP contribution in [0.3, 0.4) is 0 Å². The summed E-state index contributed by atoms with van der Waals surface area (Å²) in [6.45, 7) is 5.10. The van der Waals surface area contributed by atoms with E-state index in [0.717, 1.165) is 30.1 Å². The van der Waals surface area contributed by atoms with Crippen LogP contribution in [0.5, 0.6) is 0 Å². The zero-order chi connectivity index (χ0) is 14.7. The Bertz CT molecular complexity index is 410. The molecule has 1 N–H and O–H groups in total. The summed E-state index contributed by atoms with van der Waals surface area (Å²) in [4.78, 5) is 0. The van der Waals surface area contributed by atoms with E-state index in [-0.39, 0.29) is 11.5 Å². The first-order valence-corrected chi connectivity index (χ1v) is 12.6. The van der Waals surface area contributed by atoms with E-state index in [2.05, 4.69) is 13.8 Å². The molecule has 1 nitrogen and oxygen atoms in total. The number of hydrogen-bond acceptors (Lipinski definition) is 1. The molecule has 4 rings (SSSR count). The van der Waals surface area contributed by atoms with Crippen molar-refractivity contribution in [3.63, 3.8) is 0 Å². The van der Waals surface area contributed by atoms with Gasteiger partial charge in [0.2, 0.25) is 0 Å². The molecule has 0 aromatic rings. The molecule has 1 aliphatic heterocycles. The fourth-order valence-corrected chi connectivity index (χ4v) is 10.5. The van der Waals surface area contributed by atoms with Crippen LogP contribution in [-0.2, 0) is 0 Å². The molecule has 2 heteroatoms. The summed E-state index contributed by atoms with van der Waals surface area (Å²) in [5, 5.41) is 10.5. The number of rotatable bonds is 0. The molecule has 0 aromatic carbocycles. The first-order chi connectivity index (χ1) is 10.1. The molecular weight excluding hydrogens is 372 g/mol. The van der Waals surface area contributed by atoms with E-state index in [4.69, 9.17) is 0 Å². The van der Waals surface area contributed by atoms with Gasteiger partial charge in [-0.3, -0.25) is 0 Å². The summed E-state index contributed by atoms with van der Waals surface area (Å²) < 4.78 is 3.22. The van der Waals surface area contributed by atoms with Gasteiger partial charge in [0.15, 0.2) is 0 Å². The Kier molecular flexibility index (Phi) is 3.92. The fourth-order valence-electron chi connectivity index (χ4n) is 6.99. The van der Waals surface area contributed by atoms with E-state index in [1.807, 2.05) is 0 Å². The quantitative estimate of drug-likeness (QED) is 0.588. The third kappa shape index (κ3) is 2.19. The second kappa shape index (κ2) is 5.39. The fraction of sp³-hybridized carbons (Fsp3) is 1.00. The molecule has 0 radical (unpaired) electrons. The molecular formula is C19H32OTe. The van der Waals surface area contributed by atoms with Gasteiger partial charge >= 0.3 is 141 Å². The predicted octanol–water partition coefficient (Wildman–Crippen LogP) is 4.54. The summed E-state index contributed by atoms with van der Waals surface area (Å²) in [6, 6.07) is 0. The second-order valence-electron chi connectivity index (χ2n) is 8.95. The zero-order valence-corrected chi connectivity index (χ0v) is 16.1. The van der Waals surface area contributed by atoms with Crippen molar-refractivity contribution < 1.29 is 5.11 Å². The van der Waals surface area contributed by atoms with E-state index in [9.17, 15) is 5.11 Å². The van der Waals surface area contributed by atoms with Crippen LogP contribution in [0.2, 0.25) is 8.94 Å². The molecule has 7 atom stereocenters. The molecule has 0 bridgehead atoms. The Morgan fingerprint density at radius 2 is 1.62 bits per heavy atom. The third-order valence-corrected chi connectivity index (χ3v) is 11.3. The molecule has 4 aliphatic rings. The van der Waals surface area contributed by atoms with Crippen molar-refractivity contribution in [2.24, 2.45) is 34.5 Å². The normalized spacial score (nSPS) is 57.0. The number of aliphatic hydroxyl groups excluding tert-OH is 1. The maximum atomic E-state index is 10.5. The molecule has 1 heterocycles. The SMILES string of the molecule is C[C@]12CC[Te]CC[C@@H]1CC[C@@H]1[C@@H]2CC[C@]2(C)[C@@H](O)CC[C@@H]12. The van der Waals surface area contributed by atoms with E-state index >= 15 is 0 Å². The topological polar surface area (TPSA) is 20.2 Å². The predicted molar refractivity (Wildman–Crippen MR) is 88.5 cm³/mol. The molecule has 1 saturated heterocycles. The third-order valence-electron chi connectivity index (χ3n) is 8.41. The Morgan fingerprint density at radius 3 is 2.48 bits per heavy atom. The van der Waals surface area contributed by atoms with E-state index in [0.29, 0.717) is 26.3 Å². The van der Waals surface area contributed by atoms with Crippen molar-refractivity contribution in [3.05, 3.63) is 0 Å². The average molecular weight is 404 g/mol. The molecule has 21 heavy (non-hydrogen) atoms. The number of fused-ring (bicyclic) bond motifs is 5. The molecule has 3 saturated carbocycles. The molecule has 120 valence electrons. The molecule has 0 spiro atoms. The number of aliphatic hydroxyl groups is 1. The summed E-state index contributed by atoms with van der Waals surface area (Å²) in [5.74, 6) is 3.82. The Balaban J connectivity index is 1.64. The molecule has 3 aliphatic carbocycles. The van der Waals surface area contributed by atoms with Crippen LogP contribution in [0.25, 0.3) is 0 Å². The molecule has 4 fully saturated rings. The van der Waals surface area contributed by atoms with Gasteiger partial charge in [-0.2, -0.15) is 0 Å². The van der Waals surface area contributed by atoms with Crippen LogP contribution in [0.15, 0.2) is 0 Å². The molecule has 0 aromatic heterocycles. The van der Waals surface area contributed by atoms with Gasteiger partial charge in [0.05, 0.1) is 0 Å². The van der Waals surface area contributed by atoms with E-state index in [1.165, 1.54) is 32.1 Å². The molecule has 0 amide bonds. The summed E-state index contributed by atoms with van der Waals surface area (Å²) in [7, 11) is 0. The van der Waals surface area contributed by atoms with Gasteiger partial charge in [0.25, 0.3) is 0 Å². The van der Waals surface area contributed by atoms with Crippen molar-refractivity contribution in [1.29, 1.82) is 0 Å².